The van der Waals surface area contributed by atoms with Crippen LogP contribution in [0, 0.1) is 5.92 Å². The van der Waals surface area contributed by atoms with E-state index in [1.165, 1.54) is 24.2 Å². The maximum atomic E-state index is 11.5. The highest BCUT2D eigenvalue weighted by atomic mass is 32.1. The second kappa shape index (κ2) is 6.62. The van der Waals surface area contributed by atoms with Crippen LogP contribution >= 0.6 is 11.3 Å². The Morgan fingerprint density at radius 2 is 2.27 bits per heavy atom. The number of nitrogens with one attached hydrogen (secondary N) is 1. The summed E-state index contributed by atoms with van der Waals surface area (Å²) in [6.07, 6.45) is 3.52. The monoisotopic (exact) mass is 225 g/mol. The van der Waals surface area contributed by atoms with Crippen molar-refractivity contribution in [2.75, 3.05) is 6.54 Å². The summed E-state index contributed by atoms with van der Waals surface area (Å²) in [5.74, 6) is 0.826. The molecule has 0 aliphatic carbocycles. The molecule has 0 atom stereocenters. The molecule has 0 radical (unpaired) electrons. The quantitative estimate of drug-likeness (QED) is 0.739. The maximum absolute atomic E-state index is 11.5. The van der Waals surface area contributed by atoms with Gasteiger partial charge in [-0.15, -0.1) is 11.3 Å². The van der Waals surface area contributed by atoms with Crippen LogP contribution in [0.3, 0.4) is 0 Å². The number of amides is 1. The second-order valence-electron chi connectivity index (χ2n) is 4.12. The number of thiophene rings is 1. The summed E-state index contributed by atoms with van der Waals surface area (Å²) < 4.78 is 0. The van der Waals surface area contributed by atoms with Crippen LogP contribution in [0.2, 0.25) is 0 Å². The maximum Gasteiger partial charge on any atom is 0.261 e. The van der Waals surface area contributed by atoms with E-state index < -0.39 is 0 Å². The van der Waals surface area contributed by atoms with Crippen LogP contribution in [0.15, 0.2) is 17.5 Å². The molecule has 0 spiro atoms. The SMILES string of the molecule is CC(C)CCCCNC(=O)c1cccs1. The molecule has 1 heterocycles. The lowest BCUT2D eigenvalue weighted by Gasteiger charge is -2.05. The van der Waals surface area contributed by atoms with Gasteiger partial charge >= 0.3 is 0 Å². The van der Waals surface area contributed by atoms with Gasteiger partial charge in [0, 0.05) is 6.54 Å². The molecule has 0 saturated carbocycles. The van der Waals surface area contributed by atoms with Gasteiger partial charge < -0.3 is 5.32 Å². The van der Waals surface area contributed by atoms with Crippen LogP contribution in [0.1, 0.15) is 42.8 Å². The molecule has 15 heavy (non-hydrogen) atoms. The Labute approximate surface area is 95.7 Å². The van der Waals surface area contributed by atoms with Crippen molar-refractivity contribution in [3.05, 3.63) is 22.4 Å². The summed E-state index contributed by atoms with van der Waals surface area (Å²) >= 11 is 1.49. The predicted molar refractivity (Wildman–Crippen MR) is 65.3 cm³/mol. The minimum Gasteiger partial charge on any atom is -0.351 e. The smallest absolute Gasteiger partial charge is 0.261 e. The first kappa shape index (κ1) is 12.2. The molecule has 1 amide bonds. The number of hydrogen-bond donors (Lipinski definition) is 1. The Kier molecular flexibility index (Phi) is 5.40. The molecule has 3 heteroatoms. The summed E-state index contributed by atoms with van der Waals surface area (Å²) in [5, 5.41) is 4.85. The standard InChI is InChI=1S/C12H19NOS/c1-10(2)6-3-4-8-13-12(14)11-7-5-9-15-11/h5,7,9-10H,3-4,6,8H2,1-2H3,(H,13,14). The van der Waals surface area contributed by atoms with Crippen LogP contribution in [0.25, 0.3) is 0 Å². The third-order valence-corrected chi connectivity index (χ3v) is 3.11. The number of carbonyl (C=O) groups excluding carboxylic acids is 1. The normalized spacial score (nSPS) is 10.6. The fraction of sp³-hybridized carbons (Fsp3) is 0.583. The van der Waals surface area contributed by atoms with E-state index in [9.17, 15) is 4.79 Å². The molecule has 1 N–H and O–H groups in total. The van der Waals surface area contributed by atoms with Crippen LogP contribution < -0.4 is 5.32 Å². The van der Waals surface area contributed by atoms with Crippen LogP contribution in [0.5, 0.6) is 0 Å². The summed E-state index contributed by atoms with van der Waals surface area (Å²) in [7, 11) is 0. The molecule has 0 fully saturated rings. The van der Waals surface area contributed by atoms with Crippen molar-refractivity contribution >= 4 is 17.2 Å². The number of rotatable bonds is 6. The van der Waals surface area contributed by atoms with E-state index in [-0.39, 0.29) is 5.91 Å². The van der Waals surface area contributed by atoms with E-state index in [0.717, 1.165) is 23.8 Å². The van der Waals surface area contributed by atoms with E-state index in [1.54, 1.807) is 0 Å². The van der Waals surface area contributed by atoms with E-state index in [4.69, 9.17) is 0 Å². The zero-order valence-electron chi connectivity index (χ0n) is 9.45. The van der Waals surface area contributed by atoms with Crippen molar-refractivity contribution in [2.24, 2.45) is 5.92 Å². The molecule has 1 aromatic rings. The van der Waals surface area contributed by atoms with Crippen molar-refractivity contribution in [2.45, 2.75) is 33.1 Å². The van der Waals surface area contributed by atoms with Gasteiger partial charge in [-0.25, -0.2) is 0 Å². The minimum atomic E-state index is 0.0644. The lowest BCUT2D eigenvalue weighted by atomic mass is 10.1. The Balaban J connectivity index is 2.08. The van der Waals surface area contributed by atoms with Gasteiger partial charge in [0.2, 0.25) is 0 Å². The van der Waals surface area contributed by atoms with E-state index in [0.29, 0.717) is 0 Å². The van der Waals surface area contributed by atoms with Gasteiger partial charge in [-0.2, -0.15) is 0 Å². The van der Waals surface area contributed by atoms with E-state index in [1.807, 2.05) is 17.5 Å². The van der Waals surface area contributed by atoms with Crippen molar-refractivity contribution in [1.29, 1.82) is 0 Å². The summed E-state index contributed by atoms with van der Waals surface area (Å²) in [6.45, 7) is 5.25. The van der Waals surface area contributed by atoms with E-state index in [2.05, 4.69) is 19.2 Å². The molecule has 0 aromatic carbocycles. The predicted octanol–water partition coefficient (Wildman–Crippen LogP) is 3.30. The van der Waals surface area contributed by atoms with Gasteiger partial charge in [-0.05, 0) is 23.8 Å². The molecule has 0 saturated heterocycles. The van der Waals surface area contributed by atoms with Gasteiger partial charge in [-0.3, -0.25) is 4.79 Å². The summed E-state index contributed by atoms with van der Waals surface area (Å²) in [6, 6.07) is 3.76. The van der Waals surface area contributed by atoms with Crippen molar-refractivity contribution in [3.8, 4) is 0 Å². The van der Waals surface area contributed by atoms with E-state index >= 15 is 0 Å². The molecule has 0 aliphatic heterocycles. The topological polar surface area (TPSA) is 29.1 Å². The fourth-order valence-electron chi connectivity index (χ4n) is 1.37. The molecule has 0 bridgehead atoms. The molecular formula is C12H19NOS. The van der Waals surface area contributed by atoms with Crippen molar-refractivity contribution < 1.29 is 4.79 Å². The molecule has 84 valence electrons. The average molecular weight is 225 g/mol. The fourth-order valence-corrected chi connectivity index (χ4v) is 2.01. The Morgan fingerprint density at radius 1 is 1.47 bits per heavy atom. The summed E-state index contributed by atoms with van der Waals surface area (Å²) in [4.78, 5) is 12.3. The Bertz CT molecular complexity index is 280. The molecule has 0 unspecified atom stereocenters. The zero-order valence-corrected chi connectivity index (χ0v) is 10.3. The first-order valence-electron chi connectivity index (χ1n) is 5.52. The molecule has 1 aromatic heterocycles. The van der Waals surface area contributed by atoms with Gasteiger partial charge in [0.15, 0.2) is 0 Å². The van der Waals surface area contributed by atoms with Crippen LogP contribution in [-0.4, -0.2) is 12.5 Å². The zero-order chi connectivity index (χ0) is 11.1. The Morgan fingerprint density at radius 3 is 2.87 bits per heavy atom. The first-order chi connectivity index (χ1) is 7.20. The Hall–Kier alpha value is -0.830. The highest BCUT2D eigenvalue weighted by Crippen LogP contribution is 2.08. The largest absolute Gasteiger partial charge is 0.351 e. The highest BCUT2D eigenvalue weighted by molar-refractivity contribution is 7.12. The van der Waals surface area contributed by atoms with Crippen LogP contribution in [0.4, 0.5) is 0 Å². The lowest BCUT2D eigenvalue weighted by Crippen LogP contribution is -2.23. The first-order valence-corrected chi connectivity index (χ1v) is 6.40. The molecule has 2 nitrogen and oxygen atoms in total. The second-order valence-corrected chi connectivity index (χ2v) is 5.07. The summed E-state index contributed by atoms with van der Waals surface area (Å²) in [5.41, 5.74) is 0. The van der Waals surface area contributed by atoms with Crippen molar-refractivity contribution in [3.63, 3.8) is 0 Å². The van der Waals surface area contributed by atoms with Crippen LogP contribution in [-0.2, 0) is 0 Å². The third-order valence-electron chi connectivity index (χ3n) is 2.24. The van der Waals surface area contributed by atoms with Gasteiger partial charge in [0.25, 0.3) is 5.91 Å². The minimum absolute atomic E-state index is 0.0644. The van der Waals surface area contributed by atoms with Gasteiger partial charge in [0.05, 0.1) is 4.88 Å². The average Bonchev–Trinajstić information content (AvgIpc) is 2.69. The highest BCUT2D eigenvalue weighted by Gasteiger charge is 2.04. The van der Waals surface area contributed by atoms with Gasteiger partial charge in [0.1, 0.15) is 0 Å². The van der Waals surface area contributed by atoms with Gasteiger partial charge in [-0.1, -0.05) is 32.8 Å². The molecule has 1 rings (SSSR count). The number of unbranched alkanes of at least 4 members (excludes halogenated alkanes) is 1. The number of carbonyl (C=O) groups is 1. The lowest BCUT2D eigenvalue weighted by molar-refractivity contribution is 0.0957. The number of hydrogen-bond acceptors (Lipinski definition) is 2. The molecular weight excluding hydrogens is 206 g/mol. The molecule has 0 aliphatic rings. The third kappa shape index (κ3) is 4.98. The van der Waals surface area contributed by atoms with Crippen molar-refractivity contribution in [1.82, 2.24) is 5.32 Å².